The van der Waals surface area contributed by atoms with E-state index in [9.17, 15) is 0 Å². The third-order valence-electron chi connectivity index (χ3n) is 4.10. The summed E-state index contributed by atoms with van der Waals surface area (Å²) >= 11 is 0. The fourth-order valence-corrected chi connectivity index (χ4v) is 2.20. The van der Waals surface area contributed by atoms with E-state index in [-0.39, 0.29) is 0 Å². The minimum atomic E-state index is 0.569. The summed E-state index contributed by atoms with van der Waals surface area (Å²) < 4.78 is 0. The van der Waals surface area contributed by atoms with Gasteiger partial charge in [-0.15, -0.1) is 0 Å². The molecular formula is C15H32. The minimum absolute atomic E-state index is 0.569. The Kier molecular flexibility index (Phi) is 7.30. The van der Waals surface area contributed by atoms with Crippen LogP contribution in [0.25, 0.3) is 0 Å². The standard InChI is InChI=1S/C15H32/c1-7-14(13(3)4)11-9-10-12-15(5,6)8-2/h13-14H,7-12H2,1-6H3. The van der Waals surface area contributed by atoms with Crippen molar-refractivity contribution in [2.45, 2.75) is 80.1 Å². The lowest BCUT2D eigenvalue weighted by Crippen LogP contribution is -2.10. The molecule has 0 saturated carbocycles. The summed E-state index contributed by atoms with van der Waals surface area (Å²) in [5.74, 6) is 1.82. The van der Waals surface area contributed by atoms with Crippen LogP contribution in [0.3, 0.4) is 0 Å². The van der Waals surface area contributed by atoms with Gasteiger partial charge in [-0.1, -0.05) is 73.6 Å². The third-order valence-corrected chi connectivity index (χ3v) is 4.10. The molecule has 0 aliphatic heterocycles. The number of hydrogen-bond acceptors (Lipinski definition) is 0. The van der Waals surface area contributed by atoms with Gasteiger partial charge in [0.15, 0.2) is 0 Å². The summed E-state index contributed by atoms with van der Waals surface area (Å²) in [6.07, 6.45) is 8.36. The van der Waals surface area contributed by atoms with Crippen molar-refractivity contribution in [3.63, 3.8) is 0 Å². The van der Waals surface area contributed by atoms with Crippen LogP contribution in [-0.2, 0) is 0 Å². The van der Waals surface area contributed by atoms with Crippen LogP contribution < -0.4 is 0 Å². The van der Waals surface area contributed by atoms with Crippen LogP contribution in [0.4, 0.5) is 0 Å². The fourth-order valence-electron chi connectivity index (χ4n) is 2.20. The lowest BCUT2D eigenvalue weighted by Gasteiger charge is -2.23. The molecule has 0 amide bonds. The fraction of sp³-hybridized carbons (Fsp3) is 1.00. The van der Waals surface area contributed by atoms with Gasteiger partial charge in [-0.25, -0.2) is 0 Å². The number of hydrogen-bond donors (Lipinski definition) is 0. The molecule has 0 bridgehead atoms. The van der Waals surface area contributed by atoms with Crippen molar-refractivity contribution < 1.29 is 0 Å². The van der Waals surface area contributed by atoms with Gasteiger partial charge >= 0.3 is 0 Å². The van der Waals surface area contributed by atoms with E-state index in [1.165, 1.54) is 38.5 Å². The highest BCUT2D eigenvalue weighted by Gasteiger charge is 2.15. The van der Waals surface area contributed by atoms with E-state index in [4.69, 9.17) is 0 Å². The maximum absolute atomic E-state index is 2.40. The van der Waals surface area contributed by atoms with E-state index in [0.717, 1.165) is 11.8 Å². The van der Waals surface area contributed by atoms with Gasteiger partial charge in [0.2, 0.25) is 0 Å². The Morgan fingerprint density at radius 2 is 1.60 bits per heavy atom. The SMILES string of the molecule is CCC(CCCCC(C)(C)CC)C(C)C. The Morgan fingerprint density at radius 1 is 1.00 bits per heavy atom. The molecule has 0 N–H and O–H groups in total. The first-order valence-electron chi connectivity index (χ1n) is 6.93. The van der Waals surface area contributed by atoms with E-state index >= 15 is 0 Å². The van der Waals surface area contributed by atoms with Gasteiger partial charge in [0.1, 0.15) is 0 Å². The van der Waals surface area contributed by atoms with Crippen molar-refractivity contribution in [1.29, 1.82) is 0 Å². The molecule has 92 valence electrons. The Balaban J connectivity index is 3.61. The predicted octanol–water partition coefficient (Wildman–Crippen LogP) is 5.67. The van der Waals surface area contributed by atoms with Crippen LogP contribution in [-0.4, -0.2) is 0 Å². The number of rotatable bonds is 8. The summed E-state index contributed by atoms with van der Waals surface area (Å²) in [6.45, 7) is 14.2. The second-order valence-electron chi connectivity index (χ2n) is 6.18. The monoisotopic (exact) mass is 212 g/mol. The number of unbranched alkanes of at least 4 members (excludes halogenated alkanes) is 1. The van der Waals surface area contributed by atoms with Crippen molar-refractivity contribution in [3.05, 3.63) is 0 Å². The summed E-state index contributed by atoms with van der Waals surface area (Å²) in [4.78, 5) is 0. The summed E-state index contributed by atoms with van der Waals surface area (Å²) in [5, 5.41) is 0. The van der Waals surface area contributed by atoms with Crippen molar-refractivity contribution >= 4 is 0 Å². The van der Waals surface area contributed by atoms with Gasteiger partial charge in [-0.05, 0) is 23.7 Å². The second-order valence-corrected chi connectivity index (χ2v) is 6.18. The van der Waals surface area contributed by atoms with Crippen LogP contribution in [0.2, 0.25) is 0 Å². The van der Waals surface area contributed by atoms with Crippen LogP contribution >= 0.6 is 0 Å². The van der Waals surface area contributed by atoms with Crippen molar-refractivity contribution in [1.82, 2.24) is 0 Å². The van der Waals surface area contributed by atoms with Gasteiger partial charge in [0.25, 0.3) is 0 Å². The van der Waals surface area contributed by atoms with Gasteiger partial charge < -0.3 is 0 Å². The van der Waals surface area contributed by atoms with E-state index in [1.54, 1.807) is 0 Å². The maximum atomic E-state index is 2.40. The lowest BCUT2D eigenvalue weighted by molar-refractivity contribution is 0.287. The molecule has 0 spiro atoms. The van der Waals surface area contributed by atoms with E-state index < -0.39 is 0 Å². The topological polar surface area (TPSA) is 0 Å². The highest BCUT2D eigenvalue weighted by Crippen LogP contribution is 2.29. The van der Waals surface area contributed by atoms with Crippen molar-refractivity contribution in [2.75, 3.05) is 0 Å². The van der Waals surface area contributed by atoms with E-state index in [0.29, 0.717) is 5.41 Å². The first-order valence-corrected chi connectivity index (χ1v) is 6.93. The third kappa shape index (κ3) is 6.98. The molecule has 15 heavy (non-hydrogen) atoms. The quantitative estimate of drug-likeness (QED) is 0.455. The summed E-state index contributed by atoms with van der Waals surface area (Å²) in [6, 6.07) is 0. The lowest BCUT2D eigenvalue weighted by atomic mass is 9.82. The van der Waals surface area contributed by atoms with E-state index in [2.05, 4.69) is 41.5 Å². The summed E-state index contributed by atoms with van der Waals surface area (Å²) in [7, 11) is 0. The molecule has 0 aromatic carbocycles. The Labute approximate surface area is 97.8 Å². The van der Waals surface area contributed by atoms with Gasteiger partial charge in [-0.3, -0.25) is 0 Å². The molecule has 0 rings (SSSR count). The smallest absolute Gasteiger partial charge is 0.0357 e. The molecule has 0 aromatic heterocycles. The minimum Gasteiger partial charge on any atom is -0.0651 e. The Hall–Kier alpha value is 0. The Bertz CT molecular complexity index is 144. The normalized spacial score (nSPS) is 14.6. The predicted molar refractivity (Wildman–Crippen MR) is 71.2 cm³/mol. The molecule has 1 unspecified atom stereocenters. The van der Waals surface area contributed by atoms with Crippen LogP contribution in [0.5, 0.6) is 0 Å². The van der Waals surface area contributed by atoms with E-state index in [1.807, 2.05) is 0 Å². The average molecular weight is 212 g/mol. The van der Waals surface area contributed by atoms with Gasteiger partial charge in [-0.2, -0.15) is 0 Å². The first-order chi connectivity index (χ1) is 6.93. The van der Waals surface area contributed by atoms with Gasteiger partial charge in [0.05, 0.1) is 0 Å². The van der Waals surface area contributed by atoms with Crippen LogP contribution in [0.15, 0.2) is 0 Å². The van der Waals surface area contributed by atoms with Crippen molar-refractivity contribution in [3.8, 4) is 0 Å². The molecule has 0 fully saturated rings. The molecule has 0 aliphatic rings. The molecular weight excluding hydrogens is 180 g/mol. The molecule has 0 heterocycles. The molecule has 0 aromatic rings. The highest BCUT2D eigenvalue weighted by atomic mass is 14.2. The zero-order valence-electron chi connectivity index (χ0n) is 11.9. The second kappa shape index (κ2) is 7.30. The van der Waals surface area contributed by atoms with Crippen molar-refractivity contribution in [2.24, 2.45) is 17.3 Å². The first kappa shape index (κ1) is 15.0. The zero-order chi connectivity index (χ0) is 11.9. The molecule has 0 aliphatic carbocycles. The summed E-state index contributed by atoms with van der Waals surface area (Å²) in [5.41, 5.74) is 0.569. The molecule has 0 radical (unpaired) electrons. The van der Waals surface area contributed by atoms with Crippen LogP contribution in [0.1, 0.15) is 80.1 Å². The molecule has 0 saturated heterocycles. The molecule has 0 heteroatoms. The van der Waals surface area contributed by atoms with Gasteiger partial charge in [0, 0.05) is 0 Å². The molecule has 0 nitrogen and oxygen atoms in total. The highest BCUT2D eigenvalue weighted by molar-refractivity contribution is 4.67. The Morgan fingerprint density at radius 3 is 2.00 bits per heavy atom. The maximum Gasteiger partial charge on any atom is -0.0357 e. The zero-order valence-corrected chi connectivity index (χ0v) is 11.9. The molecule has 1 atom stereocenters. The van der Waals surface area contributed by atoms with Crippen LogP contribution in [0, 0.1) is 17.3 Å². The largest absolute Gasteiger partial charge is 0.0651 e. The average Bonchev–Trinajstić information content (AvgIpc) is 2.17.